The molecule has 1 aromatic rings. The van der Waals surface area contributed by atoms with Gasteiger partial charge in [0.1, 0.15) is 18.8 Å². The lowest BCUT2D eigenvalue weighted by atomic mass is 10.0. The molecule has 2 N–H and O–H groups in total. The summed E-state index contributed by atoms with van der Waals surface area (Å²) >= 11 is 0. The number of rotatable bonds is 2. The second-order valence-electron chi connectivity index (χ2n) is 6.25. The molecule has 1 amide bonds. The van der Waals surface area contributed by atoms with Crippen LogP contribution in [-0.2, 0) is 20.8 Å². The zero-order valence-electron chi connectivity index (χ0n) is 12.9. The predicted molar refractivity (Wildman–Crippen MR) is 80.0 cm³/mol. The molecule has 0 radical (unpaired) electrons. The number of ether oxygens (including phenoxy) is 3. The third kappa shape index (κ3) is 3.24. The van der Waals surface area contributed by atoms with Crippen molar-refractivity contribution in [2.75, 3.05) is 13.1 Å². The molecular formula is C16H22N2O4. The maximum absolute atomic E-state index is 12.2. The molecule has 22 heavy (non-hydrogen) atoms. The summed E-state index contributed by atoms with van der Waals surface area (Å²) in [6, 6.07) is 9.31. The van der Waals surface area contributed by atoms with Crippen LogP contribution in [0.3, 0.4) is 0 Å². The Labute approximate surface area is 130 Å². The van der Waals surface area contributed by atoms with E-state index in [1.807, 2.05) is 44.2 Å². The van der Waals surface area contributed by atoms with E-state index in [-0.39, 0.29) is 30.9 Å². The fourth-order valence-electron chi connectivity index (χ4n) is 2.98. The minimum atomic E-state index is -0.656. The fourth-order valence-corrected chi connectivity index (χ4v) is 2.98. The van der Waals surface area contributed by atoms with Crippen LogP contribution in [-0.4, -0.2) is 48.1 Å². The topological polar surface area (TPSA) is 74.0 Å². The van der Waals surface area contributed by atoms with E-state index in [9.17, 15) is 4.79 Å². The number of likely N-dealkylation sites (tertiary alicyclic amines) is 1. The molecule has 2 fully saturated rings. The molecule has 3 atom stereocenters. The van der Waals surface area contributed by atoms with Gasteiger partial charge in [-0.2, -0.15) is 0 Å². The molecule has 2 heterocycles. The molecule has 3 rings (SSSR count). The van der Waals surface area contributed by atoms with Crippen molar-refractivity contribution in [3.63, 3.8) is 0 Å². The lowest BCUT2D eigenvalue weighted by Gasteiger charge is -2.36. The van der Waals surface area contributed by atoms with Crippen molar-refractivity contribution in [2.24, 2.45) is 5.73 Å². The number of hydrogen-bond donors (Lipinski definition) is 1. The first-order valence-corrected chi connectivity index (χ1v) is 7.51. The van der Waals surface area contributed by atoms with Crippen molar-refractivity contribution in [3.05, 3.63) is 35.9 Å². The molecule has 2 saturated heterocycles. The average Bonchev–Trinajstić information content (AvgIpc) is 2.80. The maximum atomic E-state index is 12.2. The van der Waals surface area contributed by atoms with Crippen molar-refractivity contribution in [2.45, 2.75) is 44.5 Å². The van der Waals surface area contributed by atoms with Crippen molar-refractivity contribution in [1.82, 2.24) is 4.90 Å². The smallest absolute Gasteiger partial charge is 0.410 e. The van der Waals surface area contributed by atoms with Crippen molar-refractivity contribution >= 4 is 6.09 Å². The first-order chi connectivity index (χ1) is 10.4. The van der Waals surface area contributed by atoms with Gasteiger partial charge in [-0.05, 0) is 19.4 Å². The van der Waals surface area contributed by atoms with Crippen LogP contribution in [0.4, 0.5) is 4.79 Å². The molecule has 0 bridgehead atoms. The molecule has 2 aliphatic rings. The van der Waals surface area contributed by atoms with Crippen molar-refractivity contribution in [3.8, 4) is 0 Å². The quantitative estimate of drug-likeness (QED) is 0.896. The Hall–Kier alpha value is -1.63. The molecular weight excluding hydrogens is 284 g/mol. The van der Waals surface area contributed by atoms with Gasteiger partial charge in [0.2, 0.25) is 0 Å². The number of piperidine rings is 1. The summed E-state index contributed by atoms with van der Waals surface area (Å²) in [4.78, 5) is 13.8. The third-order valence-corrected chi connectivity index (χ3v) is 3.94. The second-order valence-corrected chi connectivity index (χ2v) is 6.25. The van der Waals surface area contributed by atoms with Crippen molar-refractivity contribution < 1.29 is 19.0 Å². The lowest BCUT2D eigenvalue weighted by molar-refractivity contribution is -0.145. The molecule has 1 aromatic carbocycles. The van der Waals surface area contributed by atoms with E-state index < -0.39 is 5.79 Å². The summed E-state index contributed by atoms with van der Waals surface area (Å²) < 4.78 is 17.0. The Morgan fingerprint density at radius 2 is 2.05 bits per heavy atom. The molecule has 6 heteroatoms. The van der Waals surface area contributed by atoms with Gasteiger partial charge in [-0.15, -0.1) is 0 Å². The van der Waals surface area contributed by atoms with E-state index in [1.165, 1.54) is 0 Å². The summed E-state index contributed by atoms with van der Waals surface area (Å²) in [6.45, 7) is 4.82. The SMILES string of the molecule is CC1(C)O[C@H]2[C@H](CN(C(=O)OCc3ccccc3)C[C@@H]2N)O1. The highest BCUT2D eigenvalue weighted by atomic mass is 16.8. The normalized spacial score (nSPS) is 30.0. The molecule has 0 aliphatic carbocycles. The summed E-state index contributed by atoms with van der Waals surface area (Å²) in [5.74, 6) is -0.656. The van der Waals surface area contributed by atoms with Gasteiger partial charge in [-0.1, -0.05) is 30.3 Å². The van der Waals surface area contributed by atoms with Gasteiger partial charge in [0.15, 0.2) is 5.79 Å². The summed E-state index contributed by atoms with van der Waals surface area (Å²) in [6.07, 6.45) is -0.748. The Balaban J connectivity index is 1.58. The molecule has 0 saturated carbocycles. The number of carbonyl (C=O) groups excluding carboxylic acids is 1. The standard InChI is InChI=1S/C16H22N2O4/c1-16(2)21-13-9-18(8-12(17)14(13)22-16)15(19)20-10-11-6-4-3-5-7-11/h3-7,12-14H,8-10,17H2,1-2H3/t12-,13-,14+/m0/s1. The van der Waals surface area contributed by atoms with Gasteiger partial charge in [-0.3, -0.25) is 0 Å². The largest absolute Gasteiger partial charge is 0.445 e. The second kappa shape index (κ2) is 5.87. The summed E-state index contributed by atoms with van der Waals surface area (Å²) in [5.41, 5.74) is 7.08. The number of nitrogens with two attached hydrogens (primary N) is 1. The van der Waals surface area contributed by atoms with Crippen LogP contribution in [0.15, 0.2) is 30.3 Å². The van der Waals surface area contributed by atoms with E-state index in [0.717, 1.165) is 5.56 Å². The predicted octanol–water partition coefficient (Wildman–Crippen LogP) is 1.49. The van der Waals surface area contributed by atoms with Crippen LogP contribution in [0, 0.1) is 0 Å². The van der Waals surface area contributed by atoms with Crippen molar-refractivity contribution in [1.29, 1.82) is 0 Å². The fraction of sp³-hybridized carbons (Fsp3) is 0.562. The van der Waals surface area contributed by atoms with Gasteiger partial charge in [-0.25, -0.2) is 4.79 Å². The van der Waals surface area contributed by atoms with Gasteiger partial charge in [0.05, 0.1) is 12.6 Å². The molecule has 0 unspecified atom stereocenters. The van der Waals surface area contributed by atoms with Crippen LogP contribution >= 0.6 is 0 Å². The number of carbonyl (C=O) groups is 1. The zero-order chi connectivity index (χ0) is 15.7. The first kappa shape index (κ1) is 15.3. The van der Waals surface area contributed by atoms with E-state index in [1.54, 1.807) is 4.90 Å². The number of fused-ring (bicyclic) bond motifs is 1. The third-order valence-electron chi connectivity index (χ3n) is 3.94. The highest BCUT2D eigenvalue weighted by molar-refractivity contribution is 5.68. The van der Waals surface area contributed by atoms with E-state index in [4.69, 9.17) is 19.9 Å². The van der Waals surface area contributed by atoms with Crippen LogP contribution < -0.4 is 5.73 Å². The maximum Gasteiger partial charge on any atom is 0.410 e. The molecule has 0 aromatic heterocycles. The van der Waals surface area contributed by atoms with E-state index >= 15 is 0 Å². The van der Waals surface area contributed by atoms with E-state index in [2.05, 4.69) is 0 Å². The van der Waals surface area contributed by atoms with Crippen LogP contribution in [0.1, 0.15) is 19.4 Å². The molecule has 2 aliphatic heterocycles. The Morgan fingerprint density at radius 1 is 1.32 bits per heavy atom. The zero-order valence-corrected chi connectivity index (χ0v) is 12.9. The number of hydrogen-bond acceptors (Lipinski definition) is 5. The molecule has 120 valence electrons. The Morgan fingerprint density at radius 3 is 2.77 bits per heavy atom. The minimum absolute atomic E-state index is 0.173. The van der Waals surface area contributed by atoms with E-state index in [0.29, 0.717) is 13.1 Å². The molecule has 0 spiro atoms. The first-order valence-electron chi connectivity index (χ1n) is 7.51. The highest BCUT2D eigenvalue weighted by Gasteiger charge is 2.48. The monoisotopic (exact) mass is 306 g/mol. The number of benzene rings is 1. The number of amides is 1. The van der Waals surface area contributed by atoms with Gasteiger partial charge >= 0.3 is 6.09 Å². The number of nitrogens with zero attached hydrogens (tertiary/aromatic N) is 1. The Bertz CT molecular complexity index is 534. The van der Waals surface area contributed by atoms with Crippen LogP contribution in [0.2, 0.25) is 0 Å². The van der Waals surface area contributed by atoms with Gasteiger partial charge in [0.25, 0.3) is 0 Å². The minimum Gasteiger partial charge on any atom is -0.445 e. The summed E-state index contributed by atoms with van der Waals surface area (Å²) in [5, 5.41) is 0. The van der Waals surface area contributed by atoms with Crippen LogP contribution in [0.25, 0.3) is 0 Å². The van der Waals surface area contributed by atoms with Gasteiger partial charge < -0.3 is 24.8 Å². The molecule has 6 nitrogen and oxygen atoms in total. The lowest BCUT2D eigenvalue weighted by Crippen LogP contribution is -2.59. The highest BCUT2D eigenvalue weighted by Crippen LogP contribution is 2.32. The average molecular weight is 306 g/mol. The van der Waals surface area contributed by atoms with Gasteiger partial charge in [0, 0.05) is 6.54 Å². The van der Waals surface area contributed by atoms with Crippen LogP contribution in [0.5, 0.6) is 0 Å². The summed E-state index contributed by atoms with van der Waals surface area (Å²) in [7, 11) is 0. The Kier molecular flexibility index (Phi) is 4.08.